The highest BCUT2D eigenvalue weighted by atomic mass is 79.9. The van der Waals surface area contributed by atoms with Gasteiger partial charge in [0.1, 0.15) is 0 Å². The second-order valence-electron chi connectivity index (χ2n) is 10.7. The van der Waals surface area contributed by atoms with E-state index < -0.39 is 16.0 Å². The van der Waals surface area contributed by atoms with Crippen LogP contribution >= 0.6 is 23.9 Å². The maximum absolute atomic E-state index is 5.59. The molecule has 1 saturated carbocycles. The highest BCUT2D eigenvalue weighted by molar-refractivity contribution is 9.09. The molecule has 174 valence electrons. The summed E-state index contributed by atoms with van der Waals surface area (Å²) in [5.41, 5.74) is 1.53. The summed E-state index contributed by atoms with van der Waals surface area (Å²) in [5, 5.41) is 3.07. The Morgan fingerprint density at radius 2 is 1.59 bits per heavy atom. The van der Waals surface area contributed by atoms with Crippen molar-refractivity contribution in [3.05, 3.63) is 60.7 Å². The number of rotatable bonds is 8. The molecule has 2 aromatic carbocycles. The van der Waals surface area contributed by atoms with Crippen LogP contribution in [0.3, 0.4) is 0 Å². The predicted octanol–water partition coefficient (Wildman–Crippen LogP) is 6.09. The number of nitrogens with zero attached hydrogens (tertiary/aromatic N) is 1. The van der Waals surface area contributed by atoms with E-state index in [4.69, 9.17) is 4.74 Å². The van der Waals surface area contributed by atoms with Gasteiger partial charge in [0, 0.05) is 32.6 Å². The lowest BCUT2D eigenvalue weighted by molar-refractivity contribution is 0.107. The summed E-state index contributed by atoms with van der Waals surface area (Å²) in [6.07, 6.45) is 3.94. The molecule has 5 heteroatoms. The molecule has 2 aromatic rings. The molecule has 5 atom stereocenters. The van der Waals surface area contributed by atoms with Crippen LogP contribution in [0.1, 0.15) is 19.3 Å². The Morgan fingerprint density at radius 3 is 2.12 bits per heavy atom. The van der Waals surface area contributed by atoms with Crippen molar-refractivity contribution in [2.45, 2.75) is 61.0 Å². The molecule has 0 amide bonds. The standard InChI is InChI=1S/C27H39BrNOPSi/c1-30-20-21-12-11-17-29(21)19-24-25(18-26(27(24)28)32(2,3)4)31(22-13-7-5-8-14-22)23-15-9-6-10-16-23/h5-10,13-16,21,24-27H,11-12,17-20H2,1-4H3/t21-,24?,25?,26?,27?/m0/s1. The van der Waals surface area contributed by atoms with Crippen molar-refractivity contribution in [2.75, 3.05) is 26.8 Å². The molecule has 4 rings (SSSR count). The Kier molecular flexibility index (Phi) is 8.32. The summed E-state index contributed by atoms with van der Waals surface area (Å²) in [7, 11) is 0.169. The molecule has 2 nitrogen and oxygen atoms in total. The number of hydrogen-bond acceptors (Lipinski definition) is 2. The monoisotopic (exact) mass is 531 g/mol. The number of ether oxygens (including phenoxy) is 1. The molecule has 32 heavy (non-hydrogen) atoms. The van der Waals surface area contributed by atoms with Gasteiger partial charge in [0.15, 0.2) is 0 Å². The average molecular weight is 533 g/mol. The number of benzene rings is 2. The summed E-state index contributed by atoms with van der Waals surface area (Å²) in [5.74, 6) is 0.677. The second kappa shape index (κ2) is 10.8. The molecule has 1 saturated heterocycles. The van der Waals surface area contributed by atoms with Gasteiger partial charge in [0.05, 0.1) is 6.61 Å². The average Bonchev–Trinajstić information content (AvgIpc) is 3.35. The quantitative estimate of drug-likeness (QED) is 0.232. The van der Waals surface area contributed by atoms with Crippen LogP contribution in [0.4, 0.5) is 0 Å². The first kappa shape index (κ1) is 24.6. The van der Waals surface area contributed by atoms with E-state index in [0.29, 0.717) is 22.4 Å². The van der Waals surface area contributed by atoms with E-state index in [1.165, 1.54) is 43.0 Å². The van der Waals surface area contributed by atoms with Crippen LogP contribution < -0.4 is 10.6 Å². The van der Waals surface area contributed by atoms with Gasteiger partial charge in [0.2, 0.25) is 0 Å². The predicted molar refractivity (Wildman–Crippen MR) is 147 cm³/mol. The van der Waals surface area contributed by atoms with Crippen molar-refractivity contribution >= 4 is 42.5 Å². The Balaban J connectivity index is 1.71. The molecule has 0 aromatic heterocycles. The van der Waals surface area contributed by atoms with Crippen molar-refractivity contribution in [3.8, 4) is 0 Å². The van der Waals surface area contributed by atoms with E-state index in [1.54, 1.807) is 0 Å². The second-order valence-corrected chi connectivity index (χ2v) is 19.6. The maximum Gasteiger partial charge on any atom is 0.0618 e. The first-order valence-corrected chi connectivity index (χ1v) is 18.1. The van der Waals surface area contributed by atoms with Gasteiger partial charge in [-0.3, -0.25) is 4.90 Å². The maximum atomic E-state index is 5.59. The van der Waals surface area contributed by atoms with Gasteiger partial charge in [-0.15, -0.1) is 0 Å². The van der Waals surface area contributed by atoms with E-state index >= 15 is 0 Å². The molecule has 0 radical (unpaired) electrons. The number of likely N-dealkylation sites (tertiary alicyclic amines) is 1. The molecule has 0 N–H and O–H groups in total. The van der Waals surface area contributed by atoms with E-state index in [1.807, 2.05) is 7.11 Å². The molecule has 1 aliphatic carbocycles. The molecular weight excluding hydrogens is 493 g/mol. The van der Waals surface area contributed by atoms with Gasteiger partial charge in [0.25, 0.3) is 0 Å². The molecular formula is C27H39BrNOPSi. The van der Waals surface area contributed by atoms with Crippen molar-refractivity contribution in [1.29, 1.82) is 0 Å². The SMILES string of the molecule is COC[C@@H]1CCCN1CC1C(Br)C([Si](C)(C)C)CC1P(c1ccccc1)c1ccccc1. The van der Waals surface area contributed by atoms with Crippen molar-refractivity contribution in [1.82, 2.24) is 4.90 Å². The highest BCUT2D eigenvalue weighted by Gasteiger charge is 2.50. The fourth-order valence-corrected chi connectivity index (χ4v) is 14.8. The van der Waals surface area contributed by atoms with E-state index in [0.717, 1.165) is 12.1 Å². The van der Waals surface area contributed by atoms with Gasteiger partial charge in [-0.05, 0) is 61.5 Å². The third kappa shape index (κ3) is 5.41. The summed E-state index contributed by atoms with van der Waals surface area (Å²) < 4.78 is 5.59. The molecule has 1 aliphatic heterocycles. The van der Waals surface area contributed by atoms with Crippen LogP contribution in [0.15, 0.2) is 60.7 Å². The minimum Gasteiger partial charge on any atom is -0.383 e. The lowest BCUT2D eigenvalue weighted by atomic mass is 10.1. The number of hydrogen-bond donors (Lipinski definition) is 0. The van der Waals surface area contributed by atoms with Crippen LogP contribution in [0, 0.1) is 5.92 Å². The summed E-state index contributed by atoms with van der Waals surface area (Å²) >= 11 is 4.31. The first-order chi connectivity index (χ1) is 15.4. The Hall–Kier alpha value is -0.513. The van der Waals surface area contributed by atoms with E-state index in [2.05, 4.69) is 101 Å². The number of halogens is 1. The Bertz CT molecular complexity index is 806. The fraction of sp³-hybridized carbons (Fsp3) is 0.556. The third-order valence-electron chi connectivity index (χ3n) is 7.60. The van der Waals surface area contributed by atoms with Crippen molar-refractivity contribution in [2.24, 2.45) is 5.92 Å². The van der Waals surface area contributed by atoms with Crippen LogP contribution in [0.2, 0.25) is 25.2 Å². The van der Waals surface area contributed by atoms with Gasteiger partial charge in [-0.25, -0.2) is 0 Å². The molecule has 1 heterocycles. The van der Waals surface area contributed by atoms with Crippen molar-refractivity contribution < 1.29 is 4.74 Å². The van der Waals surface area contributed by atoms with Crippen LogP contribution in [-0.4, -0.2) is 56.3 Å². The van der Waals surface area contributed by atoms with Gasteiger partial charge >= 0.3 is 0 Å². The smallest absolute Gasteiger partial charge is 0.0618 e. The van der Waals surface area contributed by atoms with E-state index in [-0.39, 0.29) is 0 Å². The topological polar surface area (TPSA) is 12.5 Å². The first-order valence-electron chi connectivity index (χ1n) is 12.2. The molecule has 4 unspecified atom stereocenters. The molecule has 0 spiro atoms. The fourth-order valence-electron chi connectivity index (χ4n) is 5.92. The molecule has 2 aliphatic rings. The normalized spacial score (nSPS) is 29.1. The zero-order valence-corrected chi connectivity index (χ0v) is 23.6. The Morgan fingerprint density at radius 1 is 1.00 bits per heavy atom. The molecule has 2 fully saturated rings. The van der Waals surface area contributed by atoms with Crippen LogP contribution in [0.25, 0.3) is 0 Å². The van der Waals surface area contributed by atoms with Gasteiger partial charge in [-0.2, -0.15) is 0 Å². The number of methoxy groups -OCH3 is 1. The largest absolute Gasteiger partial charge is 0.383 e. The van der Waals surface area contributed by atoms with Crippen LogP contribution in [0.5, 0.6) is 0 Å². The minimum atomic E-state index is -1.29. The van der Waals surface area contributed by atoms with E-state index in [9.17, 15) is 0 Å². The Labute approximate surface area is 206 Å². The van der Waals surface area contributed by atoms with Crippen molar-refractivity contribution in [3.63, 3.8) is 0 Å². The highest BCUT2D eigenvalue weighted by Crippen LogP contribution is 2.58. The number of alkyl halides is 1. The lowest BCUT2D eigenvalue weighted by Gasteiger charge is -2.35. The summed E-state index contributed by atoms with van der Waals surface area (Å²) in [6.45, 7) is 11.0. The molecule has 0 bridgehead atoms. The minimum absolute atomic E-state index is 0.400. The summed E-state index contributed by atoms with van der Waals surface area (Å²) in [6, 6.07) is 23.3. The van der Waals surface area contributed by atoms with Gasteiger partial charge in [-0.1, -0.05) is 96.2 Å². The lowest BCUT2D eigenvalue weighted by Crippen LogP contribution is -2.42. The summed E-state index contributed by atoms with van der Waals surface area (Å²) in [4.78, 5) is 3.37. The zero-order chi connectivity index (χ0) is 22.7. The third-order valence-corrected chi connectivity index (χ3v) is 15.2. The zero-order valence-electron chi connectivity index (χ0n) is 20.1. The van der Waals surface area contributed by atoms with Crippen LogP contribution in [-0.2, 0) is 4.74 Å². The van der Waals surface area contributed by atoms with Gasteiger partial charge < -0.3 is 4.74 Å².